The second-order valence-electron chi connectivity index (χ2n) is 9.54. The molecule has 2 N–H and O–H groups in total. The predicted molar refractivity (Wildman–Crippen MR) is 132 cm³/mol. The minimum Gasteiger partial charge on any atom is -0.360 e. The molecule has 0 amide bonds. The van der Waals surface area contributed by atoms with E-state index in [1.54, 1.807) is 0 Å². The van der Waals surface area contributed by atoms with E-state index in [4.69, 9.17) is 35.4 Å². The molecule has 3 nitrogen and oxygen atoms in total. The largest absolute Gasteiger partial charge is 0.360 e. The minimum absolute atomic E-state index is 0.0585. The first-order valence-electron chi connectivity index (χ1n) is 10.4. The third-order valence-corrected chi connectivity index (χ3v) is 6.49. The molecular formula is C24H31Cl2N3S. The summed E-state index contributed by atoms with van der Waals surface area (Å²) in [6, 6.07) is 16.5. The molecule has 0 aliphatic carbocycles. The molecule has 0 aromatic heterocycles. The number of halogens is 2. The van der Waals surface area contributed by atoms with Crippen LogP contribution in [0, 0.1) is 0 Å². The van der Waals surface area contributed by atoms with Crippen LogP contribution in [0.15, 0.2) is 48.5 Å². The number of hydrogen-bond donors (Lipinski definition) is 2. The van der Waals surface area contributed by atoms with Gasteiger partial charge in [-0.2, -0.15) is 0 Å². The van der Waals surface area contributed by atoms with E-state index in [0.717, 1.165) is 30.1 Å². The van der Waals surface area contributed by atoms with Crippen LogP contribution in [0.5, 0.6) is 0 Å². The fourth-order valence-electron chi connectivity index (χ4n) is 4.55. The molecule has 0 unspecified atom stereocenters. The van der Waals surface area contributed by atoms with E-state index in [1.165, 1.54) is 5.56 Å². The fourth-order valence-corrected chi connectivity index (χ4v) is 5.17. The summed E-state index contributed by atoms with van der Waals surface area (Å²) >= 11 is 18.3. The van der Waals surface area contributed by atoms with E-state index in [1.807, 2.05) is 24.3 Å². The Morgan fingerprint density at radius 1 is 0.967 bits per heavy atom. The van der Waals surface area contributed by atoms with Crippen LogP contribution in [0.3, 0.4) is 0 Å². The molecule has 0 atom stereocenters. The van der Waals surface area contributed by atoms with Crippen LogP contribution >= 0.6 is 35.4 Å². The van der Waals surface area contributed by atoms with E-state index in [2.05, 4.69) is 67.5 Å². The van der Waals surface area contributed by atoms with Gasteiger partial charge >= 0.3 is 0 Å². The molecule has 0 spiro atoms. The Labute approximate surface area is 196 Å². The highest BCUT2D eigenvalue weighted by Gasteiger charge is 2.38. The monoisotopic (exact) mass is 463 g/mol. The SMILES string of the molecule is CC1(C)CC(NC(=S)N(Cc2ccccc2)Cc2ccc(Cl)c(Cl)c2)CC(C)(C)N1. The number of nitrogens with zero attached hydrogens (tertiary/aromatic N) is 1. The molecule has 3 rings (SSSR count). The van der Waals surface area contributed by atoms with E-state index in [9.17, 15) is 0 Å². The van der Waals surface area contributed by atoms with Crippen LogP contribution in [-0.4, -0.2) is 27.1 Å². The number of thiocarbonyl (C=S) groups is 1. The highest BCUT2D eigenvalue weighted by Crippen LogP contribution is 2.29. The maximum atomic E-state index is 6.25. The molecular weight excluding hydrogens is 433 g/mol. The van der Waals surface area contributed by atoms with Crippen molar-refractivity contribution in [2.24, 2.45) is 0 Å². The van der Waals surface area contributed by atoms with Gasteiger partial charge in [-0.15, -0.1) is 0 Å². The van der Waals surface area contributed by atoms with Crippen molar-refractivity contribution >= 4 is 40.5 Å². The van der Waals surface area contributed by atoms with Gasteiger partial charge in [-0.05, 0) is 76.0 Å². The van der Waals surface area contributed by atoms with Crippen LogP contribution in [0.4, 0.5) is 0 Å². The first kappa shape index (κ1) is 23.3. The summed E-state index contributed by atoms with van der Waals surface area (Å²) in [5, 5.41) is 9.28. The zero-order chi connectivity index (χ0) is 21.9. The molecule has 162 valence electrons. The normalized spacial score (nSPS) is 18.1. The summed E-state index contributed by atoms with van der Waals surface area (Å²) in [6.45, 7) is 10.4. The van der Waals surface area contributed by atoms with Crippen molar-refractivity contribution in [2.45, 2.75) is 70.7 Å². The third-order valence-electron chi connectivity index (χ3n) is 5.38. The highest BCUT2D eigenvalue weighted by molar-refractivity contribution is 7.80. The molecule has 2 aromatic carbocycles. The van der Waals surface area contributed by atoms with Gasteiger partial charge in [0, 0.05) is 30.2 Å². The Hall–Kier alpha value is -1.33. The van der Waals surface area contributed by atoms with Crippen molar-refractivity contribution in [3.8, 4) is 0 Å². The lowest BCUT2D eigenvalue weighted by molar-refractivity contribution is 0.153. The Morgan fingerprint density at radius 3 is 2.17 bits per heavy atom. The topological polar surface area (TPSA) is 27.3 Å². The van der Waals surface area contributed by atoms with Gasteiger partial charge in [0.2, 0.25) is 0 Å². The number of nitrogens with one attached hydrogen (secondary N) is 2. The van der Waals surface area contributed by atoms with Gasteiger partial charge < -0.3 is 15.5 Å². The number of rotatable bonds is 5. The maximum Gasteiger partial charge on any atom is 0.169 e. The second-order valence-corrected chi connectivity index (χ2v) is 10.7. The molecule has 6 heteroatoms. The quantitative estimate of drug-likeness (QED) is 0.517. The van der Waals surface area contributed by atoms with Crippen LogP contribution in [-0.2, 0) is 13.1 Å². The van der Waals surface area contributed by atoms with Gasteiger partial charge in [0.05, 0.1) is 10.0 Å². The standard InChI is InChI=1S/C24H31Cl2N3S/c1-23(2)13-19(14-24(3,4)28-23)27-22(30)29(15-17-8-6-5-7-9-17)16-18-10-11-20(25)21(26)12-18/h5-12,19,28H,13-16H2,1-4H3,(H,27,30). The first-order valence-corrected chi connectivity index (χ1v) is 11.5. The van der Waals surface area contributed by atoms with Crippen molar-refractivity contribution in [3.63, 3.8) is 0 Å². The first-order chi connectivity index (χ1) is 14.0. The lowest BCUT2D eigenvalue weighted by atomic mass is 9.80. The zero-order valence-corrected chi connectivity index (χ0v) is 20.5. The number of hydrogen-bond acceptors (Lipinski definition) is 2. The zero-order valence-electron chi connectivity index (χ0n) is 18.1. The van der Waals surface area contributed by atoms with Crippen LogP contribution < -0.4 is 10.6 Å². The van der Waals surface area contributed by atoms with Crippen LogP contribution in [0.1, 0.15) is 51.7 Å². The Balaban J connectivity index is 1.78. The smallest absolute Gasteiger partial charge is 0.169 e. The summed E-state index contributed by atoms with van der Waals surface area (Å²) in [7, 11) is 0. The summed E-state index contributed by atoms with van der Waals surface area (Å²) in [5.41, 5.74) is 2.41. The average molecular weight is 465 g/mol. The summed E-state index contributed by atoms with van der Waals surface area (Å²) in [5.74, 6) is 0. The number of piperidine rings is 1. The maximum absolute atomic E-state index is 6.25. The van der Waals surface area contributed by atoms with Gasteiger partial charge in [0.1, 0.15) is 0 Å². The van der Waals surface area contributed by atoms with Gasteiger partial charge in [0.15, 0.2) is 5.11 Å². The van der Waals surface area contributed by atoms with E-state index in [0.29, 0.717) is 22.6 Å². The second kappa shape index (κ2) is 9.44. The van der Waals surface area contributed by atoms with E-state index < -0.39 is 0 Å². The van der Waals surface area contributed by atoms with Gasteiger partial charge in [-0.25, -0.2) is 0 Å². The molecule has 1 aliphatic heterocycles. The highest BCUT2D eigenvalue weighted by atomic mass is 35.5. The van der Waals surface area contributed by atoms with Gasteiger partial charge in [-0.1, -0.05) is 59.6 Å². The molecule has 1 aliphatic rings. The fraction of sp³-hybridized carbons (Fsp3) is 0.458. The minimum atomic E-state index is 0.0585. The Morgan fingerprint density at radius 2 is 1.57 bits per heavy atom. The van der Waals surface area contributed by atoms with Gasteiger partial charge in [0.25, 0.3) is 0 Å². The molecule has 1 heterocycles. The van der Waals surface area contributed by atoms with Crippen LogP contribution in [0.25, 0.3) is 0 Å². The lowest BCUT2D eigenvalue weighted by Gasteiger charge is -2.47. The summed E-state index contributed by atoms with van der Waals surface area (Å²) in [6.07, 6.45) is 2.03. The lowest BCUT2D eigenvalue weighted by Crippen LogP contribution is -2.62. The average Bonchev–Trinajstić information content (AvgIpc) is 2.62. The van der Waals surface area contributed by atoms with E-state index >= 15 is 0 Å². The van der Waals surface area contributed by atoms with Crippen molar-refractivity contribution in [3.05, 3.63) is 69.7 Å². The molecule has 0 bridgehead atoms. The molecule has 30 heavy (non-hydrogen) atoms. The Bertz CT molecular complexity index is 867. The van der Waals surface area contributed by atoms with Crippen molar-refractivity contribution < 1.29 is 0 Å². The van der Waals surface area contributed by atoms with Gasteiger partial charge in [-0.3, -0.25) is 0 Å². The molecule has 2 aromatic rings. The predicted octanol–water partition coefficient (Wildman–Crippen LogP) is 6.18. The third kappa shape index (κ3) is 6.58. The molecule has 1 saturated heterocycles. The van der Waals surface area contributed by atoms with Crippen molar-refractivity contribution in [1.29, 1.82) is 0 Å². The summed E-state index contributed by atoms with van der Waals surface area (Å²) in [4.78, 5) is 2.20. The summed E-state index contributed by atoms with van der Waals surface area (Å²) < 4.78 is 0. The molecule has 0 saturated carbocycles. The van der Waals surface area contributed by atoms with Crippen molar-refractivity contribution in [2.75, 3.05) is 0 Å². The number of benzene rings is 2. The molecule has 0 radical (unpaired) electrons. The van der Waals surface area contributed by atoms with Crippen LogP contribution in [0.2, 0.25) is 10.0 Å². The Kier molecular flexibility index (Phi) is 7.34. The molecule has 1 fully saturated rings. The van der Waals surface area contributed by atoms with E-state index in [-0.39, 0.29) is 11.1 Å². The van der Waals surface area contributed by atoms with Crippen molar-refractivity contribution in [1.82, 2.24) is 15.5 Å².